The van der Waals surface area contributed by atoms with E-state index >= 15 is 0 Å². The van der Waals surface area contributed by atoms with Gasteiger partial charge in [-0.3, -0.25) is 4.79 Å². The third-order valence-electron chi connectivity index (χ3n) is 2.53. The maximum Gasteiger partial charge on any atom is 0.305 e. The van der Waals surface area contributed by atoms with Crippen molar-refractivity contribution < 1.29 is 14.6 Å². The first-order valence-corrected chi connectivity index (χ1v) is 5.39. The molecule has 1 unspecified atom stereocenters. The number of carboxylic acids is 1. The van der Waals surface area contributed by atoms with E-state index in [2.05, 4.69) is 0 Å². The number of benzene rings is 1. The first-order chi connectivity index (χ1) is 7.65. The van der Waals surface area contributed by atoms with Crippen molar-refractivity contribution >= 4 is 5.97 Å². The molecule has 1 aromatic carbocycles. The van der Waals surface area contributed by atoms with Gasteiger partial charge < -0.3 is 15.6 Å². The fourth-order valence-electron chi connectivity index (χ4n) is 1.48. The van der Waals surface area contributed by atoms with Gasteiger partial charge in [0.1, 0.15) is 5.75 Å². The molecule has 4 heteroatoms. The fraction of sp³-hybridized carbons (Fsp3) is 0.417. The van der Waals surface area contributed by atoms with Crippen LogP contribution in [0.1, 0.15) is 30.9 Å². The average Bonchev–Trinajstić information content (AvgIpc) is 3.01. The molecule has 16 heavy (non-hydrogen) atoms. The maximum atomic E-state index is 10.5. The van der Waals surface area contributed by atoms with E-state index in [4.69, 9.17) is 15.6 Å². The molecule has 2 rings (SSSR count). The Morgan fingerprint density at radius 3 is 2.56 bits per heavy atom. The second kappa shape index (κ2) is 4.53. The number of aliphatic carboxylic acids is 1. The number of rotatable bonds is 5. The van der Waals surface area contributed by atoms with Gasteiger partial charge in [-0.25, -0.2) is 0 Å². The average molecular weight is 221 g/mol. The molecule has 0 bridgehead atoms. The van der Waals surface area contributed by atoms with Gasteiger partial charge in [0, 0.05) is 6.04 Å². The van der Waals surface area contributed by atoms with E-state index < -0.39 is 12.0 Å². The molecule has 1 aromatic rings. The maximum absolute atomic E-state index is 10.5. The quantitative estimate of drug-likeness (QED) is 0.793. The van der Waals surface area contributed by atoms with E-state index in [1.807, 2.05) is 24.3 Å². The summed E-state index contributed by atoms with van der Waals surface area (Å²) in [5, 5.41) is 8.62. The smallest absolute Gasteiger partial charge is 0.305 e. The minimum Gasteiger partial charge on any atom is -0.490 e. The summed E-state index contributed by atoms with van der Waals surface area (Å²) in [7, 11) is 0. The van der Waals surface area contributed by atoms with Crippen molar-refractivity contribution in [3.05, 3.63) is 29.8 Å². The second-order valence-electron chi connectivity index (χ2n) is 4.09. The highest BCUT2D eigenvalue weighted by atomic mass is 16.5. The van der Waals surface area contributed by atoms with Crippen molar-refractivity contribution in [2.45, 2.75) is 31.4 Å². The molecule has 0 saturated heterocycles. The monoisotopic (exact) mass is 221 g/mol. The van der Waals surface area contributed by atoms with Crippen molar-refractivity contribution in [1.82, 2.24) is 0 Å². The van der Waals surface area contributed by atoms with Gasteiger partial charge in [0.15, 0.2) is 0 Å². The molecular weight excluding hydrogens is 206 g/mol. The van der Waals surface area contributed by atoms with E-state index in [0.29, 0.717) is 6.10 Å². The zero-order chi connectivity index (χ0) is 11.5. The molecule has 1 fully saturated rings. The predicted molar refractivity (Wildman–Crippen MR) is 59.3 cm³/mol. The van der Waals surface area contributed by atoms with Crippen LogP contribution in [-0.4, -0.2) is 17.2 Å². The van der Waals surface area contributed by atoms with E-state index in [0.717, 1.165) is 24.2 Å². The number of carboxylic acid groups (broad SMARTS) is 1. The predicted octanol–water partition coefficient (Wildman–Crippen LogP) is 1.70. The molecule has 86 valence electrons. The highest BCUT2D eigenvalue weighted by Crippen LogP contribution is 2.27. The van der Waals surface area contributed by atoms with Crippen molar-refractivity contribution in [2.24, 2.45) is 5.73 Å². The number of hydrogen-bond acceptors (Lipinski definition) is 3. The summed E-state index contributed by atoms with van der Waals surface area (Å²) < 4.78 is 5.58. The Kier molecular flexibility index (Phi) is 3.10. The van der Waals surface area contributed by atoms with Crippen LogP contribution in [0.2, 0.25) is 0 Å². The molecule has 0 radical (unpaired) electrons. The highest BCUT2D eigenvalue weighted by Gasteiger charge is 2.23. The molecule has 4 nitrogen and oxygen atoms in total. The Balaban J connectivity index is 1.97. The Labute approximate surface area is 94.0 Å². The summed E-state index contributed by atoms with van der Waals surface area (Å²) in [6.45, 7) is 0. The number of hydrogen-bond donors (Lipinski definition) is 2. The van der Waals surface area contributed by atoms with Crippen LogP contribution in [-0.2, 0) is 4.79 Å². The Bertz CT molecular complexity index is 370. The first-order valence-electron chi connectivity index (χ1n) is 5.39. The van der Waals surface area contributed by atoms with Crippen LogP contribution in [0.25, 0.3) is 0 Å². The molecule has 0 aromatic heterocycles. The fourth-order valence-corrected chi connectivity index (χ4v) is 1.48. The molecule has 3 N–H and O–H groups in total. The van der Waals surface area contributed by atoms with Gasteiger partial charge in [0.2, 0.25) is 0 Å². The van der Waals surface area contributed by atoms with Crippen LogP contribution in [0.3, 0.4) is 0 Å². The minimum atomic E-state index is -0.884. The first kappa shape index (κ1) is 11.0. The lowest BCUT2D eigenvalue weighted by molar-refractivity contribution is -0.137. The Morgan fingerprint density at radius 1 is 1.44 bits per heavy atom. The van der Waals surface area contributed by atoms with Gasteiger partial charge in [-0.05, 0) is 30.5 Å². The lowest BCUT2D eigenvalue weighted by Gasteiger charge is -2.10. The molecule has 0 amide bonds. The molecule has 1 aliphatic rings. The topological polar surface area (TPSA) is 72.6 Å². The number of nitrogens with two attached hydrogens (primary N) is 1. The summed E-state index contributed by atoms with van der Waals surface area (Å²) in [6.07, 6.45) is 2.57. The van der Waals surface area contributed by atoms with Crippen LogP contribution < -0.4 is 10.5 Å². The van der Waals surface area contributed by atoms with Gasteiger partial charge in [0.25, 0.3) is 0 Å². The van der Waals surface area contributed by atoms with Crippen molar-refractivity contribution in [1.29, 1.82) is 0 Å². The summed E-state index contributed by atoms with van der Waals surface area (Å²) in [4.78, 5) is 10.5. The van der Waals surface area contributed by atoms with Gasteiger partial charge in [-0.15, -0.1) is 0 Å². The van der Waals surface area contributed by atoms with E-state index in [1.54, 1.807) is 0 Å². The van der Waals surface area contributed by atoms with Crippen molar-refractivity contribution in [3.8, 4) is 5.75 Å². The molecular formula is C12H15NO3. The zero-order valence-electron chi connectivity index (χ0n) is 8.93. The molecule has 0 spiro atoms. The van der Waals surface area contributed by atoms with Gasteiger partial charge in [0.05, 0.1) is 12.5 Å². The van der Waals surface area contributed by atoms with Crippen molar-refractivity contribution in [2.75, 3.05) is 0 Å². The molecule has 1 atom stereocenters. The third kappa shape index (κ3) is 2.97. The summed E-state index contributed by atoms with van der Waals surface area (Å²) in [6, 6.07) is 6.88. The van der Waals surface area contributed by atoms with Gasteiger partial charge >= 0.3 is 5.97 Å². The summed E-state index contributed by atoms with van der Waals surface area (Å²) in [5.74, 6) is -0.0559. The van der Waals surface area contributed by atoms with Gasteiger partial charge in [-0.2, -0.15) is 0 Å². The normalized spacial score (nSPS) is 16.8. The zero-order valence-corrected chi connectivity index (χ0v) is 8.93. The second-order valence-corrected chi connectivity index (χ2v) is 4.09. The molecule has 0 aliphatic heterocycles. The van der Waals surface area contributed by atoms with Gasteiger partial charge in [-0.1, -0.05) is 12.1 Å². The SMILES string of the molecule is NC(CC(=O)O)c1ccc(OC2CC2)cc1. The summed E-state index contributed by atoms with van der Waals surface area (Å²) in [5.41, 5.74) is 6.56. The van der Waals surface area contributed by atoms with E-state index in [1.165, 1.54) is 0 Å². The molecule has 1 aliphatic carbocycles. The van der Waals surface area contributed by atoms with Crippen LogP contribution in [0, 0.1) is 0 Å². The summed E-state index contributed by atoms with van der Waals surface area (Å²) >= 11 is 0. The van der Waals surface area contributed by atoms with Crippen LogP contribution in [0.5, 0.6) is 5.75 Å². The molecule has 1 saturated carbocycles. The lowest BCUT2D eigenvalue weighted by atomic mass is 10.1. The van der Waals surface area contributed by atoms with Crippen LogP contribution in [0.15, 0.2) is 24.3 Å². The number of carbonyl (C=O) groups is 1. The standard InChI is InChI=1S/C12H15NO3/c13-11(7-12(14)15)8-1-3-9(4-2-8)16-10-5-6-10/h1-4,10-11H,5-7,13H2,(H,14,15). The van der Waals surface area contributed by atoms with E-state index in [-0.39, 0.29) is 6.42 Å². The number of ether oxygens (including phenoxy) is 1. The largest absolute Gasteiger partial charge is 0.490 e. The minimum absolute atomic E-state index is 0.0527. The highest BCUT2D eigenvalue weighted by molar-refractivity contribution is 5.67. The van der Waals surface area contributed by atoms with Crippen LogP contribution in [0.4, 0.5) is 0 Å². The van der Waals surface area contributed by atoms with Crippen molar-refractivity contribution in [3.63, 3.8) is 0 Å². The Morgan fingerprint density at radius 2 is 2.06 bits per heavy atom. The third-order valence-corrected chi connectivity index (χ3v) is 2.53. The Hall–Kier alpha value is -1.55. The van der Waals surface area contributed by atoms with E-state index in [9.17, 15) is 4.79 Å². The molecule has 0 heterocycles. The van der Waals surface area contributed by atoms with Crippen LogP contribution >= 0.6 is 0 Å². The lowest BCUT2D eigenvalue weighted by Crippen LogP contribution is -2.14.